The van der Waals surface area contributed by atoms with Gasteiger partial charge >= 0.3 is 0 Å². The number of likely N-dealkylation sites (tertiary alicyclic amines) is 1. The summed E-state index contributed by atoms with van der Waals surface area (Å²) >= 11 is 6.25. The zero-order valence-electron chi connectivity index (χ0n) is 19.5. The van der Waals surface area contributed by atoms with Gasteiger partial charge in [-0.2, -0.15) is 0 Å². The molecule has 182 valence electrons. The molecule has 1 fully saturated rings. The number of aromatic nitrogens is 2. The Morgan fingerprint density at radius 2 is 1.91 bits per heavy atom. The largest absolute Gasteiger partial charge is 0.507 e. The van der Waals surface area contributed by atoms with Crippen molar-refractivity contribution in [1.29, 1.82) is 0 Å². The molecule has 4 rings (SSSR count). The summed E-state index contributed by atoms with van der Waals surface area (Å²) in [6.07, 6.45) is 5.83. The van der Waals surface area contributed by atoms with Gasteiger partial charge in [-0.15, -0.1) is 0 Å². The Kier molecular flexibility index (Phi) is 7.41. The van der Waals surface area contributed by atoms with Crippen LogP contribution in [-0.4, -0.2) is 51.5 Å². The Labute approximate surface area is 208 Å². The van der Waals surface area contributed by atoms with Gasteiger partial charge in [-0.05, 0) is 49.2 Å². The molecule has 1 aromatic heterocycles. The second-order valence-corrected chi connectivity index (χ2v) is 8.41. The lowest BCUT2D eigenvalue weighted by Crippen LogP contribution is -2.31. The van der Waals surface area contributed by atoms with Crippen molar-refractivity contribution in [2.45, 2.75) is 25.9 Å². The van der Waals surface area contributed by atoms with E-state index in [-0.39, 0.29) is 16.4 Å². The second-order valence-electron chi connectivity index (χ2n) is 8.00. The molecule has 0 spiro atoms. The number of Topliss-reactive ketones (excluding diaryl/α,β-unsaturated/α-hetero) is 1. The molecule has 0 bridgehead atoms. The zero-order valence-corrected chi connectivity index (χ0v) is 20.2. The minimum absolute atomic E-state index is 0.0167. The maximum absolute atomic E-state index is 13.2. The number of carbonyl (C=O) groups is 2. The molecule has 0 radical (unpaired) electrons. The Balaban J connectivity index is 1.73. The maximum Gasteiger partial charge on any atom is 0.295 e. The average Bonchev–Trinajstić information content (AvgIpc) is 3.46. The number of halogens is 1. The number of benzene rings is 2. The van der Waals surface area contributed by atoms with Crippen molar-refractivity contribution in [2.75, 3.05) is 20.3 Å². The van der Waals surface area contributed by atoms with Crippen molar-refractivity contribution >= 4 is 29.1 Å². The van der Waals surface area contributed by atoms with Crippen molar-refractivity contribution in [1.82, 2.24) is 14.5 Å². The molecule has 1 atom stereocenters. The fraction of sp³-hybridized carbons (Fsp3) is 0.269. The Hall–Kier alpha value is -3.78. The normalized spacial score (nSPS) is 17.1. The quantitative estimate of drug-likeness (QED) is 0.268. The van der Waals surface area contributed by atoms with E-state index in [1.807, 2.05) is 17.7 Å². The van der Waals surface area contributed by atoms with Gasteiger partial charge in [0.2, 0.25) is 0 Å². The molecule has 1 aliphatic rings. The molecule has 1 saturated heterocycles. The van der Waals surface area contributed by atoms with Gasteiger partial charge in [0.1, 0.15) is 17.3 Å². The van der Waals surface area contributed by atoms with E-state index in [2.05, 4.69) is 4.98 Å². The minimum Gasteiger partial charge on any atom is -0.507 e. The molecule has 2 heterocycles. The first-order valence-corrected chi connectivity index (χ1v) is 11.6. The molecule has 0 aliphatic carbocycles. The number of ether oxygens (including phenoxy) is 2. The van der Waals surface area contributed by atoms with Crippen LogP contribution in [0, 0.1) is 0 Å². The third kappa shape index (κ3) is 5.02. The number of rotatable bonds is 9. The summed E-state index contributed by atoms with van der Waals surface area (Å²) in [5, 5.41) is 11.5. The van der Waals surface area contributed by atoms with Crippen molar-refractivity contribution < 1.29 is 24.2 Å². The molecule has 3 aromatic rings. The predicted molar refractivity (Wildman–Crippen MR) is 131 cm³/mol. The van der Waals surface area contributed by atoms with Crippen molar-refractivity contribution in [2.24, 2.45) is 0 Å². The number of imidazole rings is 1. The molecule has 9 heteroatoms. The molecular formula is C26H26ClN3O5. The third-order valence-electron chi connectivity index (χ3n) is 5.85. The lowest BCUT2D eigenvalue weighted by molar-refractivity contribution is -0.139. The van der Waals surface area contributed by atoms with Crippen LogP contribution in [0.15, 0.2) is 66.8 Å². The molecule has 1 aliphatic heterocycles. The van der Waals surface area contributed by atoms with E-state index < -0.39 is 17.7 Å². The van der Waals surface area contributed by atoms with Gasteiger partial charge in [0.15, 0.2) is 0 Å². The Bertz CT molecular complexity index is 1240. The number of ketones is 1. The van der Waals surface area contributed by atoms with E-state index in [1.165, 1.54) is 18.1 Å². The van der Waals surface area contributed by atoms with E-state index in [4.69, 9.17) is 21.1 Å². The third-order valence-corrected chi connectivity index (χ3v) is 6.14. The molecule has 0 unspecified atom stereocenters. The van der Waals surface area contributed by atoms with Gasteiger partial charge in [-0.1, -0.05) is 23.7 Å². The van der Waals surface area contributed by atoms with Gasteiger partial charge in [-0.3, -0.25) is 9.59 Å². The van der Waals surface area contributed by atoms with Crippen LogP contribution in [0.2, 0.25) is 5.02 Å². The van der Waals surface area contributed by atoms with Crippen LogP contribution in [0.5, 0.6) is 11.5 Å². The number of hydrogen-bond acceptors (Lipinski definition) is 6. The smallest absolute Gasteiger partial charge is 0.295 e. The zero-order chi connectivity index (χ0) is 24.9. The first kappa shape index (κ1) is 24.3. The SMILES string of the molecule is CCOc1ccc([C@H]2C(=C(O)c3ccc(OC)c(Cl)c3)C(=O)C(=O)N2CCCn2ccnc2)cc1. The Morgan fingerprint density at radius 3 is 2.54 bits per heavy atom. The summed E-state index contributed by atoms with van der Waals surface area (Å²) in [4.78, 5) is 31.8. The molecule has 35 heavy (non-hydrogen) atoms. The lowest BCUT2D eigenvalue weighted by atomic mass is 9.95. The Morgan fingerprint density at radius 1 is 1.14 bits per heavy atom. The number of aliphatic hydroxyl groups is 1. The van der Waals surface area contributed by atoms with Gasteiger partial charge in [-0.25, -0.2) is 4.98 Å². The lowest BCUT2D eigenvalue weighted by Gasteiger charge is -2.25. The monoisotopic (exact) mass is 495 g/mol. The van der Waals surface area contributed by atoms with Crippen LogP contribution in [-0.2, 0) is 16.1 Å². The second kappa shape index (κ2) is 10.7. The average molecular weight is 496 g/mol. The number of aliphatic hydroxyl groups excluding tert-OH is 1. The number of carbonyl (C=O) groups excluding carboxylic acids is 2. The van der Waals surface area contributed by atoms with Gasteiger partial charge in [0.25, 0.3) is 11.7 Å². The van der Waals surface area contributed by atoms with E-state index in [0.717, 1.165) is 0 Å². The topological polar surface area (TPSA) is 93.9 Å². The van der Waals surface area contributed by atoms with Crippen LogP contribution in [0.4, 0.5) is 0 Å². The van der Waals surface area contributed by atoms with Crippen LogP contribution >= 0.6 is 11.6 Å². The fourth-order valence-corrected chi connectivity index (χ4v) is 4.44. The van der Waals surface area contributed by atoms with E-state index in [9.17, 15) is 14.7 Å². The highest BCUT2D eigenvalue weighted by Gasteiger charge is 2.45. The molecular weight excluding hydrogens is 470 g/mol. The summed E-state index contributed by atoms with van der Waals surface area (Å²) in [6.45, 7) is 3.36. The number of aryl methyl sites for hydroxylation is 1. The fourth-order valence-electron chi connectivity index (χ4n) is 4.18. The first-order chi connectivity index (χ1) is 16.9. The summed E-state index contributed by atoms with van der Waals surface area (Å²) < 4.78 is 12.6. The summed E-state index contributed by atoms with van der Waals surface area (Å²) in [5.41, 5.74) is 1.03. The molecule has 0 saturated carbocycles. The van der Waals surface area contributed by atoms with Gasteiger partial charge in [0.05, 0.1) is 36.7 Å². The highest BCUT2D eigenvalue weighted by molar-refractivity contribution is 6.46. The van der Waals surface area contributed by atoms with Crippen LogP contribution in [0.25, 0.3) is 5.76 Å². The first-order valence-electron chi connectivity index (χ1n) is 11.3. The van der Waals surface area contributed by atoms with Crippen LogP contribution < -0.4 is 9.47 Å². The highest BCUT2D eigenvalue weighted by atomic mass is 35.5. The van der Waals surface area contributed by atoms with Crippen molar-refractivity contribution in [3.8, 4) is 11.5 Å². The van der Waals surface area contributed by atoms with Crippen molar-refractivity contribution in [3.05, 3.63) is 82.9 Å². The molecule has 1 amide bonds. The van der Waals surface area contributed by atoms with E-state index >= 15 is 0 Å². The van der Waals surface area contributed by atoms with Gasteiger partial charge in [0, 0.05) is 31.0 Å². The van der Waals surface area contributed by atoms with Crippen LogP contribution in [0.3, 0.4) is 0 Å². The maximum atomic E-state index is 13.2. The molecule has 8 nitrogen and oxygen atoms in total. The van der Waals surface area contributed by atoms with Gasteiger partial charge < -0.3 is 24.0 Å². The summed E-state index contributed by atoms with van der Waals surface area (Å²) in [7, 11) is 1.49. The highest BCUT2D eigenvalue weighted by Crippen LogP contribution is 2.40. The van der Waals surface area contributed by atoms with Crippen LogP contribution in [0.1, 0.15) is 30.5 Å². The number of nitrogens with zero attached hydrogens (tertiary/aromatic N) is 3. The number of hydrogen-bond donors (Lipinski definition) is 1. The van der Waals surface area contributed by atoms with E-state index in [1.54, 1.807) is 48.9 Å². The number of amides is 1. The summed E-state index contributed by atoms with van der Waals surface area (Å²) in [5.74, 6) is -0.572. The molecule has 2 aromatic carbocycles. The standard InChI is InChI=1S/C26H26ClN3O5/c1-3-35-19-8-5-17(6-9-19)23-22(24(31)18-7-10-21(34-2)20(27)15-18)25(32)26(33)30(23)13-4-12-29-14-11-28-16-29/h5-11,14-16,23,31H,3-4,12-13H2,1-2H3/t23-/m0/s1. The summed E-state index contributed by atoms with van der Waals surface area (Å²) in [6, 6.07) is 11.1. The molecule has 1 N–H and O–H groups in total. The van der Waals surface area contributed by atoms with Crippen molar-refractivity contribution in [3.63, 3.8) is 0 Å². The van der Waals surface area contributed by atoms with E-state index in [0.29, 0.717) is 48.7 Å². The number of methoxy groups -OCH3 is 1. The predicted octanol–water partition coefficient (Wildman–Crippen LogP) is 4.46. The minimum atomic E-state index is -0.755.